The largest absolute Gasteiger partial charge is 0.497 e. The summed E-state index contributed by atoms with van der Waals surface area (Å²) >= 11 is 0. The first-order valence-electron chi connectivity index (χ1n) is 8.54. The Morgan fingerprint density at radius 3 is 2.46 bits per heavy atom. The molecule has 0 atom stereocenters. The molecule has 5 nitrogen and oxygen atoms in total. The Morgan fingerprint density at radius 2 is 1.86 bits per heavy atom. The SMILES string of the molecule is CCc1cc(NC(=O)c2cccc(C(F)(F)F)c2)nn1-c1ccc(OC)cc1. The van der Waals surface area contributed by atoms with Crippen LogP contribution in [0.4, 0.5) is 19.0 Å². The van der Waals surface area contributed by atoms with Gasteiger partial charge in [0.25, 0.3) is 5.91 Å². The number of carbonyl (C=O) groups is 1. The Bertz CT molecular complexity index is 979. The molecule has 0 aliphatic heterocycles. The van der Waals surface area contributed by atoms with E-state index in [1.165, 1.54) is 12.1 Å². The maximum Gasteiger partial charge on any atom is 0.416 e. The van der Waals surface area contributed by atoms with Crippen LogP contribution in [-0.2, 0) is 12.6 Å². The van der Waals surface area contributed by atoms with E-state index in [1.54, 1.807) is 30.0 Å². The zero-order chi connectivity index (χ0) is 20.3. The molecule has 1 N–H and O–H groups in total. The van der Waals surface area contributed by atoms with Crippen LogP contribution >= 0.6 is 0 Å². The maximum absolute atomic E-state index is 12.8. The van der Waals surface area contributed by atoms with Crippen molar-refractivity contribution in [2.45, 2.75) is 19.5 Å². The van der Waals surface area contributed by atoms with E-state index in [0.29, 0.717) is 12.2 Å². The molecular weight excluding hydrogens is 371 g/mol. The highest BCUT2D eigenvalue weighted by Gasteiger charge is 2.31. The molecule has 0 aliphatic carbocycles. The molecule has 0 fully saturated rings. The second-order valence-electron chi connectivity index (χ2n) is 6.02. The van der Waals surface area contributed by atoms with E-state index in [9.17, 15) is 18.0 Å². The molecule has 0 saturated heterocycles. The van der Waals surface area contributed by atoms with Crippen LogP contribution in [-0.4, -0.2) is 22.8 Å². The predicted octanol–water partition coefficient (Wildman–Crippen LogP) is 4.71. The molecule has 0 radical (unpaired) electrons. The summed E-state index contributed by atoms with van der Waals surface area (Å²) in [6.07, 6.45) is -3.86. The van der Waals surface area contributed by atoms with Crippen molar-refractivity contribution in [1.29, 1.82) is 0 Å². The van der Waals surface area contributed by atoms with Crippen molar-refractivity contribution in [3.05, 3.63) is 71.4 Å². The highest BCUT2D eigenvalue weighted by Crippen LogP contribution is 2.29. The number of nitrogens with zero attached hydrogens (tertiary/aromatic N) is 2. The lowest BCUT2D eigenvalue weighted by Gasteiger charge is -2.08. The third kappa shape index (κ3) is 4.16. The summed E-state index contributed by atoms with van der Waals surface area (Å²) in [6, 6.07) is 13.2. The monoisotopic (exact) mass is 389 g/mol. The van der Waals surface area contributed by atoms with Crippen molar-refractivity contribution in [2.75, 3.05) is 12.4 Å². The minimum Gasteiger partial charge on any atom is -0.497 e. The van der Waals surface area contributed by atoms with E-state index >= 15 is 0 Å². The van der Waals surface area contributed by atoms with Crippen molar-refractivity contribution in [2.24, 2.45) is 0 Å². The highest BCUT2D eigenvalue weighted by atomic mass is 19.4. The van der Waals surface area contributed by atoms with Crippen LogP contribution in [0, 0.1) is 0 Å². The van der Waals surface area contributed by atoms with Gasteiger partial charge >= 0.3 is 6.18 Å². The summed E-state index contributed by atoms with van der Waals surface area (Å²) in [6.45, 7) is 1.94. The Labute approximate surface area is 159 Å². The number of methoxy groups -OCH3 is 1. The standard InChI is InChI=1S/C20H18F3N3O2/c1-3-15-12-18(25-26(15)16-7-9-17(28-2)10-8-16)24-19(27)13-5-4-6-14(11-13)20(21,22)23/h4-12H,3H2,1-2H3,(H,24,25,27). The fourth-order valence-corrected chi connectivity index (χ4v) is 2.70. The van der Waals surface area contributed by atoms with Crippen LogP contribution < -0.4 is 10.1 Å². The molecule has 146 valence electrons. The van der Waals surface area contributed by atoms with Gasteiger partial charge in [0.1, 0.15) is 5.75 Å². The molecule has 3 aromatic rings. The fourth-order valence-electron chi connectivity index (χ4n) is 2.70. The molecule has 0 saturated carbocycles. The first-order valence-corrected chi connectivity index (χ1v) is 8.54. The van der Waals surface area contributed by atoms with E-state index < -0.39 is 17.6 Å². The quantitative estimate of drug-likeness (QED) is 0.687. The first-order chi connectivity index (χ1) is 13.3. The first kappa shape index (κ1) is 19.5. The lowest BCUT2D eigenvalue weighted by atomic mass is 10.1. The fraction of sp³-hybridized carbons (Fsp3) is 0.200. The minimum atomic E-state index is -4.51. The average Bonchev–Trinajstić information content (AvgIpc) is 3.10. The summed E-state index contributed by atoms with van der Waals surface area (Å²) in [7, 11) is 1.57. The van der Waals surface area contributed by atoms with Crippen molar-refractivity contribution in [1.82, 2.24) is 9.78 Å². The number of aryl methyl sites for hydroxylation is 1. The number of hydrogen-bond donors (Lipinski definition) is 1. The Balaban J connectivity index is 1.85. The van der Waals surface area contributed by atoms with Gasteiger partial charge in [0.15, 0.2) is 5.82 Å². The molecule has 0 unspecified atom stereocenters. The molecule has 2 aromatic carbocycles. The Hall–Kier alpha value is -3.29. The summed E-state index contributed by atoms with van der Waals surface area (Å²) in [5.41, 5.74) is 0.645. The summed E-state index contributed by atoms with van der Waals surface area (Å²) in [5, 5.41) is 6.93. The number of benzene rings is 2. The predicted molar refractivity (Wildman–Crippen MR) is 98.9 cm³/mol. The number of aromatic nitrogens is 2. The van der Waals surface area contributed by atoms with E-state index in [2.05, 4.69) is 10.4 Å². The molecule has 0 aliphatic rings. The number of carbonyl (C=O) groups excluding carboxylic acids is 1. The zero-order valence-corrected chi connectivity index (χ0v) is 15.2. The molecule has 3 rings (SSSR count). The molecule has 1 aromatic heterocycles. The van der Waals surface area contributed by atoms with Gasteiger partial charge in [0.05, 0.1) is 18.4 Å². The average molecular weight is 389 g/mol. The molecule has 0 bridgehead atoms. The van der Waals surface area contributed by atoms with Gasteiger partial charge < -0.3 is 10.1 Å². The van der Waals surface area contributed by atoms with Crippen LogP contribution in [0.25, 0.3) is 5.69 Å². The molecule has 0 spiro atoms. The topological polar surface area (TPSA) is 56.2 Å². The maximum atomic E-state index is 12.8. The highest BCUT2D eigenvalue weighted by molar-refractivity contribution is 6.03. The van der Waals surface area contributed by atoms with Crippen LogP contribution in [0.15, 0.2) is 54.6 Å². The second-order valence-corrected chi connectivity index (χ2v) is 6.02. The lowest BCUT2D eigenvalue weighted by molar-refractivity contribution is -0.137. The Morgan fingerprint density at radius 1 is 1.14 bits per heavy atom. The van der Waals surface area contributed by atoms with Gasteiger partial charge in [-0.1, -0.05) is 13.0 Å². The number of nitrogens with one attached hydrogen (secondary N) is 1. The smallest absolute Gasteiger partial charge is 0.416 e. The van der Waals surface area contributed by atoms with Crippen molar-refractivity contribution in [3.8, 4) is 11.4 Å². The van der Waals surface area contributed by atoms with Crippen molar-refractivity contribution >= 4 is 11.7 Å². The third-order valence-electron chi connectivity index (χ3n) is 4.16. The second kappa shape index (κ2) is 7.75. The number of amides is 1. The van der Waals surface area contributed by atoms with Gasteiger partial charge in [-0.25, -0.2) is 4.68 Å². The van der Waals surface area contributed by atoms with Gasteiger partial charge in [-0.2, -0.15) is 13.2 Å². The van der Waals surface area contributed by atoms with Crippen LogP contribution in [0.2, 0.25) is 0 Å². The van der Waals surface area contributed by atoms with E-state index in [4.69, 9.17) is 4.74 Å². The third-order valence-corrected chi connectivity index (χ3v) is 4.16. The number of alkyl halides is 3. The van der Waals surface area contributed by atoms with E-state index in [1.807, 2.05) is 19.1 Å². The zero-order valence-electron chi connectivity index (χ0n) is 15.2. The Kier molecular flexibility index (Phi) is 5.39. The number of rotatable bonds is 5. The number of hydrogen-bond acceptors (Lipinski definition) is 3. The summed E-state index contributed by atoms with van der Waals surface area (Å²) in [5.74, 6) is 0.301. The van der Waals surface area contributed by atoms with Gasteiger partial charge in [0, 0.05) is 17.3 Å². The van der Waals surface area contributed by atoms with Crippen LogP contribution in [0.5, 0.6) is 5.75 Å². The molecule has 8 heteroatoms. The molecule has 1 heterocycles. The number of ether oxygens (including phenoxy) is 1. The van der Waals surface area contributed by atoms with Gasteiger partial charge in [-0.15, -0.1) is 5.10 Å². The van der Waals surface area contributed by atoms with Crippen molar-refractivity contribution < 1.29 is 22.7 Å². The molecule has 1 amide bonds. The molecule has 28 heavy (non-hydrogen) atoms. The molecular formula is C20H18F3N3O2. The van der Waals surface area contributed by atoms with Gasteiger partial charge in [-0.05, 0) is 48.9 Å². The van der Waals surface area contributed by atoms with Gasteiger partial charge in [0.2, 0.25) is 0 Å². The van der Waals surface area contributed by atoms with Crippen LogP contribution in [0.3, 0.4) is 0 Å². The van der Waals surface area contributed by atoms with E-state index in [-0.39, 0.29) is 11.4 Å². The summed E-state index contributed by atoms with van der Waals surface area (Å²) in [4.78, 5) is 12.4. The lowest BCUT2D eigenvalue weighted by Crippen LogP contribution is -2.14. The normalized spacial score (nSPS) is 11.3. The van der Waals surface area contributed by atoms with Crippen molar-refractivity contribution in [3.63, 3.8) is 0 Å². The van der Waals surface area contributed by atoms with Gasteiger partial charge in [-0.3, -0.25) is 4.79 Å². The number of halogens is 3. The minimum absolute atomic E-state index is 0.0909. The van der Waals surface area contributed by atoms with E-state index in [0.717, 1.165) is 23.5 Å². The van der Waals surface area contributed by atoms with Crippen LogP contribution in [0.1, 0.15) is 28.5 Å². The summed E-state index contributed by atoms with van der Waals surface area (Å²) < 4.78 is 45.3. The number of anilines is 1.